The average molecular weight is 292 g/mol. The predicted octanol–water partition coefficient (Wildman–Crippen LogP) is 2.70. The van der Waals surface area contributed by atoms with Crippen LogP contribution in [-0.2, 0) is 6.18 Å². The van der Waals surface area contributed by atoms with E-state index in [1.165, 1.54) is 0 Å². The van der Waals surface area contributed by atoms with Crippen molar-refractivity contribution in [3.63, 3.8) is 0 Å². The fourth-order valence-corrected chi connectivity index (χ4v) is 1.55. The summed E-state index contributed by atoms with van der Waals surface area (Å²) in [6, 6.07) is 1.63. The zero-order chi connectivity index (χ0) is 15.3. The fraction of sp³-hybridized carbons (Fsp3) is 0.462. The molecular weight excluding hydrogens is 276 g/mol. The molecule has 3 nitrogen and oxygen atoms in total. The van der Waals surface area contributed by atoms with Gasteiger partial charge in [-0.05, 0) is 31.0 Å². The summed E-state index contributed by atoms with van der Waals surface area (Å²) >= 11 is 0. The SMILES string of the molecule is CCC(N)CCNC(=O)c1cc(C(F)(F)F)ccc1F. The van der Waals surface area contributed by atoms with Crippen LogP contribution in [0, 0.1) is 5.82 Å². The molecule has 112 valence electrons. The van der Waals surface area contributed by atoms with Gasteiger partial charge in [-0.25, -0.2) is 4.39 Å². The average Bonchev–Trinajstić information content (AvgIpc) is 2.37. The van der Waals surface area contributed by atoms with E-state index >= 15 is 0 Å². The molecule has 1 atom stereocenters. The quantitative estimate of drug-likeness (QED) is 0.820. The van der Waals surface area contributed by atoms with E-state index in [-0.39, 0.29) is 12.6 Å². The van der Waals surface area contributed by atoms with Crippen LogP contribution in [0.25, 0.3) is 0 Å². The summed E-state index contributed by atoms with van der Waals surface area (Å²) in [4.78, 5) is 11.7. The Morgan fingerprint density at radius 1 is 1.40 bits per heavy atom. The van der Waals surface area contributed by atoms with Crippen molar-refractivity contribution >= 4 is 5.91 Å². The highest BCUT2D eigenvalue weighted by atomic mass is 19.4. The van der Waals surface area contributed by atoms with E-state index in [1.54, 1.807) is 0 Å². The number of halogens is 4. The Labute approximate surface area is 114 Å². The van der Waals surface area contributed by atoms with E-state index in [4.69, 9.17) is 5.73 Å². The fourth-order valence-electron chi connectivity index (χ4n) is 1.55. The minimum atomic E-state index is -4.62. The first kappa shape index (κ1) is 16.4. The summed E-state index contributed by atoms with van der Waals surface area (Å²) < 4.78 is 50.9. The normalized spacial score (nSPS) is 13.1. The van der Waals surface area contributed by atoms with Gasteiger partial charge >= 0.3 is 6.18 Å². The van der Waals surface area contributed by atoms with Gasteiger partial charge in [0.15, 0.2) is 0 Å². The first-order valence-corrected chi connectivity index (χ1v) is 6.16. The van der Waals surface area contributed by atoms with Crippen LogP contribution in [0.4, 0.5) is 17.6 Å². The molecule has 0 bridgehead atoms. The van der Waals surface area contributed by atoms with E-state index in [0.29, 0.717) is 31.0 Å². The molecule has 7 heteroatoms. The third-order valence-electron chi connectivity index (χ3n) is 2.86. The van der Waals surface area contributed by atoms with Crippen LogP contribution < -0.4 is 11.1 Å². The summed E-state index contributed by atoms with van der Waals surface area (Å²) in [5.41, 5.74) is 3.95. The Morgan fingerprint density at radius 3 is 2.60 bits per heavy atom. The van der Waals surface area contributed by atoms with Crippen molar-refractivity contribution in [2.75, 3.05) is 6.54 Å². The number of carbonyl (C=O) groups excluding carboxylic acids is 1. The third-order valence-corrected chi connectivity index (χ3v) is 2.86. The van der Waals surface area contributed by atoms with Gasteiger partial charge in [-0.3, -0.25) is 4.79 Å². The summed E-state index contributed by atoms with van der Waals surface area (Å²) in [7, 11) is 0. The number of benzene rings is 1. The molecular formula is C13H16F4N2O. The number of alkyl halides is 3. The largest absolute Gasteiger partial charge is 0.416 e. The highest BCUT2D eigenvalue weighted by molar-refractivity contribution is 5.94. The molecule has 0 saturated heterocycles. The lowest BCUT2D eigenvalue weighted by Gasteiger charge is -2.12. The lowest BCUT2D eigenvalue weighted by Crippen LogP contribution is -2.30. The monoisotopic (exact) mass is 292 g/mol. The molecule has 1 aromatic rings. The van der Waals surface area contributed by atoms with Crippen molar-refractivity contribution in [3.05, 3.63) is 35.1 Å². The molecule has 20 heavy (non-hydrogen) atoms. The smallest absolute Gasteiger partial charge is 0.352 e. The van der Waals surface area contributed by atoms with Gasteiger partial charge in [-0.15, -0.1) is 0 Å². The highest BCUT2D eigenvalue weighted by Gasteiger charge is 2.31. The second-order valence-electron chi connectivity index (χ2n) is 4.41. The van der Waals surface area contributed by atoms with E-state index < -0.39 is 29.0 Å². The molecule has 1 rings (SSSR count). The van der Waals surface area contributed by atoms with Crippen LogP contribution in [0.5, 0.6) is 0 Å². The Bertz CT molecular complexity index is 474. The van der Waals surface area contributed by atoms with Gasteiger partial charge in [0.25, 0.3) is 5.91 Å². The topological polar surface area (TPSA) is 55.1 Å². The minimum Gasteiger partial charge on any atom is -0.352 e. The molecule has 1 amide bonds. The third kappa shape index (κ3) is 4.48. The zero-order valence-electron chi connectivity index (χ0n) is 10.9. The molecule has 0 saturated carbocycles. The number of rotatable bonds is 5. The number of amides is 1. The number of hydrogen-bond acceptors (Lipinski definition) is 2. The highest BCUT2D eigenvalue weighted by Crippen LogP contribution is 2.30. The molecule has 0 aliphatic heterocycles. The summed E-state index contributed by atoms with van der Waals surface area (Å²) in [5.74, 6) is -1.87. The van der Waals surface area contributed by atoms with Gasteiger partial charge in [0.2, 0.25) is 0 Å². The van der Waals surface area contributed by atoms with Crippen molar-refractivity contribution in [3.8, 4) is 0 Å². The first-order valence-electron chi connectivity index (χ1n) is 6.16. The molecule has 0 aliphatic rings. The van der Waals surface area contributed by atoms with Crippen molar-refractivity contribution in [1.82, 2.24) is 5.32 Å². The van der Waals surface area contributed by atoms with E-state index in [9.17, 15) is 22.4 Å². The number of hydrogen-bond donors (Lipinski definition) is 2. The molecule has 0 radical (unpaired) electrons. The van der Waals surface area contributed by atoms with Crippen LogP contribution in [0.2, 0.25) is 0 Å². The van der Waals surface area contributed by atoms with Crippen LogP contribution >= 0.6 is 0 Å². The standard InChI is InChI=1S/C13H16F4N2O/c1-2-9(18)5-6-19-12(20)10-7-8(13(15,16)17)3-4-11(10)14/h3-4,7,9H,2,5-6,18H2,1H3,(H,19,20). The van der Waals surface area contributed by atoms with Crippen molar-refractivity contribution in [2.45, 2.75) is 32.0 Å². The zero-order valence-corrected chi connectivity index (χ0v) is 10.9. The van der Waals surface area contributed by atoms with Gasteiger partial charge in [0.1, 0.15) is 5.82 Å². The predicted molar refractivity (Wildman–Crippen MR) is 66.6 cm³/mol. The van der Waals surface area contributed by atoms with Crippen LogP contribution in [0.15, 0.2) is 18.2 Å². The van der Waals surface area contributed by atoms with Gasteiger partial charge in [0.05, 0.1) is 11.1 Å². The Balaban J connectivity index is 2.77. The van der Waals surface area contributed by atoms with E-state index in [0.717, 1.165) is 0 Å². The maximum absolute atomic E-state index is 13.4. The number of carbonyl (C=O) groups is 1. The lowest BCUT2D eigenvalue weighted by molar-refractivity contribution is -0.137. The Hall–Kier alpha value is -1.63. The van der Waals surface area contributed by atoms with Crippen molar-refractivity contribution in [2.24, 2.45) is 5.73 Å². The van der Waals surface area contributed by atoms with Crippen LogP contribution in [0.3, 0.4) is 0 Å². The molecule has 3 N–H and O–H groups in total. The second kappa shape index (κ2) is 6.69. The first-order chi connectivity index (χ1) is 9.25. The van der Waals surface area contributed by atoms with Gasteiger partial charge in [0, 0.05) is 12.6 Å². The van der Waals surface area contributed by atoms with Crippen molar-refractivity contribution in [1.29, 1.82) is 0 Å². The molecule has 1 aromatic carbocycles. The molecule has 0 aliphatic carbocycles. The Kier molecular flexibility index (Phi) is 5.50. The molecule has 0 aromatic heterocycles. The van der Waals surface area contributed by atoms with E-state index in [2.05, 4.69) is 5.32 Å². The van der Waals surface area contributed by atoms with Crippen molar-refractivity contribution < 1.29 is 22.4 Å². The maximum atomic E-state index is 13.4. The number of nitrogens with two attached hydrogens (primary N) is 1. The minimum absolute atomic E-state index is 0.110. The molecule has 0 spiro atoms. The summed E-state index contributed by atoms with van der Waals surface area (Å²) in [6.45, 7) is 2.06. The van der Waals surface area contributed by atoms with Gasteiger partial charge in [-0.1, -0.05) is 6.92 Å². The van der Waals surface area contributed by atoms with Gasteiger partial charge in [-0.2, -0.15) is 13.2 Å². The summed E-state index contributed by atoms with van der Waals surface area (Å²) in [6.07, 6.45) is -3.43. The summed E-state index contributed by atoms with van der Waals surface area (Å²) in [5, 5.41) is 2.36. The molecule has 1 unspecified atom stereocenters. The van der Waals surface area contributed by atoms with Crippen LogP contribution in [-0.4, -0.2) is 18.5 Å². The lowest BCUT2D eigenvalue weighted by atomic mass is 10.1. The molecule has 0 fully saturated rings. The number of nitrogens with one attached hydrogen (secondary N) is 1. The van der Waals surface area contributed by atoms with E-state index in [1.807, 2.05) is 6.92 Å². The maximum Gasteiger partial charge on any atom is 0.416 e. The molecule has 0 heterocycles. The van der Waals surface area contributed by atoms with Crippen LogP contribution in [0.1, 0.15) is 35.7 Å². The Morgan fingerprint density at radius 2 is 2.05 bits per heavy atom. The van der Waals surface area contributed by atoms with Gasteiger partial charge < -0.3 is 11.1 Å². The second-order valence-corrected chi connectivity index (χ2v) is 4.41.